The van der Waals surface area contributed by atoms with E-state index in [9.17, 15) is 4.39 Å². The van der Waals surface area contributed by atoms with Gasteiger partial charge in [-0.25, -0.2) is 4.39 Å². The highest BCUT2D eigenvalue weighted by Gasteiger charge is 2.07. The number of hydrogen-bond donors (Lipinski definition) is 0. The normalized spacial score (nSPS) is 27.2. The summed E-state index contributed by atoms with van der Waals surface area (Å²) in [7, 11) is 0. The molecule has 1 rings (SSSR count). The Morgan fingerprint density at radius 1 is 1.67 bits per heavy atom. The zero-order valence-electron chi connectivity index (χ0n) is 5.82. The summed E-state index contributed by atoms with van der Waals surface area (Å²) in [5.74, 6) is 0.470. The van der Waals surface area contributed by atoms with Crippen LogP contribution >= 0.6 is 0 Å². The van der Waals surface area contributed by atoms with E-state index in [-0.39, 0.29) is 5.83 Å². The molecule has 1 aliphatic rings. The fourth-order valence-electron chi connectivity index (χ4n) is 1.04. The molecule has 0 aromatic carbocycles. The average molecular weight is 126 g/mol. The molecule has 0 N–H and O–H groups in total. The first kappa shape index (κ1) is 6.53. The zero-order chi connectivity index (χ0) is 6.85. The average Bonchev–Trinajstić information content (AvgIpc) is 1.80. The maximum atomic E-state index is 12.5. The summed E-state index contributed by atoms with van der Waals surface area (Å²) in [5, 5.41) is 0. The van der Waals surface area contributed by atoms with Crippen LogP contribution in [0.1, 0.15) is 20.3 Å². The molecule has 0 aromatic heterocycles. The Morgan fingerprint density at radius 3 is 2.78 bits per heavy atom. The lowest BCUT2D eigenvalue weighted by molar-refractivity contribution is 0.601. The second-order valence-corrected chi connectivity index (χ2v) is 2.67. The summed E-state index contributed by atoms with van der Waals surface area (Å²) in [5.41, 5.74) is 0.880. The van der Waals surface area contributed by atoms with Crippen molar-refractivity contribution in [3.63, 3.8) is 0 Å². The van der Waals surface area contributed by atoms with Crippen molar-refractivity contribution in [1.29, 1.82) is 0 Å². The second kappa shape index (κ2) is 2.34. The molecule has 0 unspecified atom stereocenters. The molecule has 0 nitrogen and oxygen atoms in total. The molecule has 1 atom stereocenters. The molecule has 0 saturated carbocycles. The Kier molecular flexibility index (Phi) is 1.70. The van der Waals surface area contributed by atoms with Crippen LogP contribution in [-0.2, 0) is 0 Å². The minimum atomic E-state index is -0.0481. The minimum absolute atomic E-state index is 0.0481. The van der Waals surface area contributed by atoms with E-state index in [1.165, 1.54) is 0 Å². The van der Waals surface area contributed by atoms with Crippen LogP contribution in [0, 0.1) is 5.92 Å². The third-order valence-corrected chi connectivity index (χ3v) is 1.61. The molecule has 1 heteroatoms. The molecule has 0 bridgehead atoms. The van der Waals surface area contributed by atoms with E-state index >= 15 is 0 Å². The maximum absolute atomic E-state index is 12.5. The largest absolute Gasteiger partial charge is 0.207 e. The van der Waals surface area contributed by atoms with E-state index in [4.69, 9.17) is 0 Å². The topological polar surface area (TPSA) is 0 Å². The van der Waals surface area contributed by atoms with Gasteiger partial charge in [-0.15, -0.1) is 0 Å². The molecule has 50 valence electrons. The predicted octanol–water partition coefficient (Wildman–Crippen LogP) is 2.83. The summed E-state index contributed by atoms with van der Waals surface area (Å²) < 4.78 is 12.5. The third kappa shape index (κ3) is 1.41. The quantitative estimate of drug-likeness (QED) is 0.468. The Bertz CT molecular complexity index is 165. The monoisotopic (exact) mass is 126 g/mol. The molecule has 0 aromatic rings. The van der Waals surface area contributed by atoms with Crippen LogP contribution in [0.5, 0.6) is 0 Å². The van der Waals surface area contributed by atoms with E-state index in [1.54, 1.807) is 6.08 Å². The second-order valence-electron chi connectivity index (χ2n) is 2.67. The highest BCUT2D eigenvalue weighted by atomic mass is 19.1. The molecular weight excluding hydrogens is 115 g/mol. The van der Waals surface area contributed by atoms with Crippen LogP contribution in [-0.4, -0.2) is 0 Å². The van der Waals surface area contributed by atoms with Gasteiger partial charge in [0.05, 0.1) is 0 Å². The summed E-state index contributed by atoms with van der Waals surface area (Å²) >= 11 is 0. The molecule has 0 aliphatic heterocycles. The van der Waals surface area contributed by atoms with Crippen LogP contribution < -0.4 is 0 Å². The van der Waals surface area contributed by atoms with E-state index in [2.05, 4.69) is 6.92 Å². The summed E-state index contributed by atoms with van der Waals surface area (Å²) in [6, 6.07) is 0. The minimum Gasteiger partial charge on any atom is -0.207 e. The lowest BCUT2D eigenvalue weighted by atomic mass is 9.97. The van der Waals surface area contributed by atoms with Gasteiger partial charge >= 0.3 is 0 Å². The Morgan fingerprint density at radius 2 is 2.33 bits per heavy atom. The Hall–Kier alpha value is -0.590. The van der Waals surface area contributed by atoms with Crippen molar-refractivity contribution in [1.82, 2.24) is 0 Å². The summed E-state index contributed by atoms with van der Waals surface area (Å²) in [6.45, 7) is 3.93. The van der Waals surface area contributed by atoms with E-state index in [0.717, 1.165) is 12.0 Å². The molecule has 0 saturated heterocycles. The van der Waals surface area contributed by atoms with Gasteiger partial charge in [-0.2, -0.15) is 0 Å². The smallest absolute Gasteiger partial charge is 0.121 e. The van der Waals surface area contributed by atoms with Gasteiger partial charge in [-0.3, -0.25) is 0 Å². The van der Waals surface area contributed by atoms with Crippen molar-refractivity contribution in [2.24, 2.45) is 5.92 Å². The van der Waals surface area contributed by atoms with Crippen molar-refractivity contribution >= 4 is 0 Å². The molecule has 0 spiro atoms. The lowest BCUT2D eigenvalue weighted by Gasteiger charge is -2.11. The first-order valence-electron chi connectivity index (χ1n) is 3.23. The highest BCUT2D eigenvalue weighted by Crippen LogP contribution is 2.22. The van der Waals surface area contributed by atoms with Crippen molar-refractivity contribution in [3.05, 3.63) is 23.6 Å². The van der Waals surface area contributed by atoms with Gasteiger partial charge in [0.1, 0.15) is 5.83 Å². The van der Waals surface area contributed by atoms with Crippen molar-refractivity contribution < 1.29 is 4.39 Å². The fraction of sp³-hybridized carbons (Fsp3) is 0.500. The van der Waals surface area contributed by atoms with Crippen molar-refractivity contribution in [2.75, 3.05) is 0 Å². The molecular formula is C8H11F. The van der Waals surface area contributed by atoms with Gasteiger partial charge < -0.3 is 0 Å². The highest BCUT2D eigenvalue weighted by molar-refractivity contribution is 5.23. The predicted molar refractivity (Wildman–Crippen MR) is 36.7 cm³/mol. The molecule has 0 heterocycles. The van der Waals surface area contributed by atoms with E-state index in [0.29, 0.717) is 5.92 Å². The SMILES string of the molecule is CC1=C(F)C=C[C@@H](C)C1. The standard InChI is InChI=1S/C8H11F/c1-6-3-4-8(9)7(2)5-6/h3-4,6H,5H2,1-2H3/t6-/m1/s1. The Labute approximate surface area is 55.1 Å². The van der Waals surface area contributed by atoms with E-state index < -0.39 is 0 Å². The van der Waals surface area contributed by atoms with Crippen LogP contribution in [0.15, 0.2) is 23.6 Å². The maximum Gasteiger partial charge on any atom is 0.121 e. The van der Waals surface area contributed by atoms with Gasteiger partial charge in [0, 0.05) is 0 Å². The number of rotatable bonds is 0. The number of hydrogen-bond acceptors (Lipinski definition) is 0. The molecule has 9 heavy (non-hydrogen) atoms. The van der Waals surface area contributed by atoms with Crippen molar-refractivity contribution in [3.8, 4) is 0 Å². The molecule has 0 amide bonds. The number of halogens is 1. The van der Waals surface area contributed by atoms with Gasteiger partial charge in [0.2, 0.25) is 0 Å². The first-order chi connectivity index (χ1) is 4.20. The van der Waals surface area contributed by atoms with Crippen LogP contribution in [0.25, 0.3) is 0 Å². The van der Waals surface area contributed by atoms with Gasteiger partial charge in [0.15, 0.2) is 0 Å². The van der Waals surface area contributed by atoms with Gasteiger partial charge in [0.25, 0.3) is 0 Å². The van der Waals surface area contributed by atoms with Crippen LogP contribution in [0.3, 0.4) is 0 Å². The number of allylic oxidation sites excluding steroid dienone is 4. The van der Waals surface area contributed by atoms with Crippen molar-refractivity contribution in [2.45, 2.75) is 20.3 Å². The third-order valence-electron chi connectivity index (χ3n) is 1.61. The van der Waals surface area contributed by atoms with Crippen LogP contribution in [0.4, 0.5) is 4.39 Å². The van der Waals surface area contributed by atoms with E-state index in [1.807, 2.05) is 13.0 Å². The summed E-state index contributed by atoms with van der Waals surface area (Å²) in [6.07, 6.45) is 4.34. The first-order valence-corrected chi connectivity index (χ1v) is 3.23. The molecule has 0 radical (unpaired) electrons. The van der Waals surface area contributed by atoms with Crippen LogP contribution in [0.2, 0.25) is 0 Å². The van der Waals surface area contributed by atoms with Gasteiger partial charge in [-0.05, 0) is 30.9 Å². The molecule has 1 aliphatic carbocycles. The zero-order valence-corrected chi connectivity index (χ0v) is 5.82. The van der Waals surface area contributed by atoms with Gasteiger partial charge in [-0.1, -0.05) is 13.0 Å². The summed E-state index contributed by atoms with van der Waals surface area (Å²) in [4.78, 5) is 0. The fourth-order valence-corrected chi connectivity index (χ4v) is 1.04. The molecule has 0 fully saturated rings. The Balaban J connectivity index is 2.75. The lowest BCUT2D eigenvalue weighted by Crippen LogP contribution is -1.96.